The second kappa shape index (κ2) is 5.72. The Morgan fingerprint density at radius 1 is 1.35 bits per heavy atom. The monoisotopic (exact) mass is 318 g/mol. The van der Waals surface area contributed by atoms with Gasteiger partial charge in [-0.1, -0.05) is 0 Å². The number of hydrogen-bond donors (Lipinski definition) is 0. The van der Waals surface area contributed by atoms with Gasteiger partial charge in [0, 0.05) is 30.9 Å². The van der Waals surface area contributed by atoms with Gasteiger partial charge in [0.25, 0.3) is 0 Å². The molecule has 2 aromatic rings. The fourth-order valence-corrected chi connectivity index (χ4v) is 2.68. The maximum atomic E-state index is 12.2. The maximum Gasteiger partial charge on any atom is 0.410 e. The molecule has 0 unspecified atom stereocenters. The molecule has 1 aliphatic heterocycles. The van der Waals surface area contributed by atoms with Gasteiger partial charge < -0.3 is 14.4 Å². The van der Waals surface area contributed by atoms with Crippen LogP contribution in [-0.2, 0) is 4.74 Å². The van der Waals surface area contributed by atoms with Gasteiger partial charge in [-0.05, 0) is 27.7 Å². The number of amides is 1. The van der Waals surface area contributed by atoms with E-state index in [9.17, 15) is 4.79 Å². The van der Waals surface area contributed by atoms with E-state index in [0.717, 1.165) is 12.1 Å². The predicted octanol–water partition coefficient (Wildman–Crippen LogP) is 2.51. The molecule has 2 aromatic heterocycles. The molecule has 2 atom stereocenters. The highest BCUT2D eigenvalue weighted by atomic mass is 16.6. The Morgan fingerprint density at radius 3 is 2.87 bits per heavy atom. The minimum Gasteiger partial charge on any atom is -0.472 e. The van der Waals surface area contributed by atoms with E-state index in [2.05, 4.69) is 9.97 Å². The second-order valence-electron chi connectivity index (χ2n) is 6.88. The molecule has 0 aromatic carbocycles. The van der Waals surface area contributed by atoms with Crippen LogP contribution in [0.4, 0.5) is 4.79 Å². The fraction of sp³-hybridized carbons (Fsp3) is 0.562. The van der Waals surface area contributed by atoms with E-state index >= 15 is 0 Å². The van der Waals surface area contributed by atoms with Crippen molar-refractivity contribution in [2.75, 3.05) is 6.54 Å². The van der Waals surface area contributed by atoms with E-state index in [1.165, 1.54) is 0 Å². The lowest BCUT2D eigenvalue weighted by Gasteiger charge is -2.26. The van der Waals surface area contributed by atoms with Gasteiger partial charge in [0.05, 0.1) is 6.54 Å². The SMILES string of the molecule is C[C@H]1C[C@@H](Oc2cc3nccn3cn2)CN1C(=O)OC(C)(C)C. The topological polar surface area (TPSA) is 69.0 Å². The third-order valence-electron chi connectivity index (χ3n) is 3.71. The third kappa shape index (κ3) is 3.55. The van der Waals surface area contributed by atoms with Crippen molar-refractivity contribution in [1.29, 1.82) is 0 Å². The molecule has 7 nitrogen and oxygen atoms in total. The summed E-state index contributed by atoms with van der Waals surface area (Å²) < 4.78 is 13.2. The first kappa shape index (κ1) is 15.6. The van der Waals surface area contributed by atoms with Crippen molar-refractivity contribution in [2.45, 2.75) is 51.9 Å². The maximum absolute atomic E-state index is 12.2. The molecule has 0 bridgehead atoms. The quantitative estimate of drug-likeness (QED) is 0.851. The molecule has 0 spiro atoms. The van der Waals surface area contributed by atoms with Crippen molar-refractivity contribution in [1.82, 2.24) is 19.3 Å². The van der Waals surface area contributed by atoms with E-state index in [1.807, 2.05) is 38.3 Å². The van der Waals surface area contributed by atoms with Crippen LogP contribution < -0.4 is 4.74 Å². The van der Waals surface area contributed by atoms with Crippen molar-refractivity contribution in [3.8, 4) is 5.88 Å². The number of imidazole rings is 1. The average molecular weight is 318 g/mol. The van der Waals surface area contributed by atoms with Gasteiger partial charge in [0.2, 0.25) is 5.88 Å². The number of rotatable bonds is 2. The second-order valence-corrected chi connectivity index (χ2v) is 6.88. The van der Waals surface area contributed by atoms with Crippen LogP contribution in [0.25, 0.3) is 5.65 Å². The van der Waals surface area contributed by atoms with Gasteiger partial charge in [-0.25, -0.2) is 14.8 Å². The lowest BCUT2D eigenvalue weighted by atomic mass is 10.2. The zero-order chi connectivity index (χ0) is 16.6. The average Bonchev–Trinajstić information content (AvgIpc) is 3.03. The first-order valence-corrected chi connectivity index (χ1v) is 7.77. The highest BCUT2D eigenvalue weighted by Crippen LogP contribution is 2.24. The molecule has 0 aliphatic carbocycles. The van der Waals surface area contributed by atoms with Crippen LogP contribution >= 0.6 is 0 Å². The molecule has 1 saturated heterocycles. The zero-order valence-electron chi connectivity index (χ0n) is 13.9. The Balaban J connectivity index is 1.65. The van der Waals surface area contributed by atoms with E-state index in [1.54, 1.807) is 23.5 Å². The van der Waals surface area contributed by atoms with Crippen LogP contribution in [0.2, 0.25) is 0 Å². The summed E-state index contributed by atoms with van der Waals surface area (Å²) in [5.74, 6) is 0.520. The van der Waals surface area contributed by atoms with E-state index in [0.29, 0.717) is 12.4 Å². The van der Waals surface area contributed by atoms with Crippen molar-refractivity contribution in [3.05, 3.63) is 24.8 Å². The zero-order valence-corrected chi connectivity index (χ0v) is 13.9. The van der Waals surface area contributed by atoms with Gasteiger partial charge in [-0.15, -0.1) is 0 Å². The molecule has 3 rings (SSSR count). The highest BCUT2D eigenvalue weighted by Gasteiger charge is 2.36. The lowest BCUT2D eigenvalue weighted by Crippen LogP contribution is -2.39. The molecule has 1 fully saturated rings. The first-order chi connectivity index (χ1) is 10.8. The Kier molecular flexibility index (Phi) is 3.87. The summed E-state index contributed by atoms with van der Waals surface area (Å²) in [6.45, 7) is 8.09. The van der Waals surface area contributed by atoms with Crippen molar-refractivity contribution in [3.63, 3.8) is 0 Å². The van der Waals surface area contributed by atoms with E-state index in [4.69, 9.17) is 9.47 Å². The van der Waals surface area contributed by atoms with Gasteiger partial charge >= 0.3 is 6.09 Å². The van der Waals surface area contributed by atoms with Crippen LogP contribution in [0.15, 0.2) is 24.8 Å². The Morgan fingerprint density at radius 2 is 2.13 bits per heavy atom. The Hall–Kier alpha value is -2.31. The predicted molar refractivity (Wildman–Crippen MR) is 84.4 cm³/mol. The summed E-state index contributed by atoms with van der Waals surface area (Å²) in [5.41, 5.74) is 0.285. The molecule has 7 heteroatoms. The number of carbonyl (C=O) groups excluding carboxylic acids is 1. The molecule has 1 aliphatic rings. The molecule has 0 saturated carbocycles. The molecule has 3 heterocycles. The summed E-state index contributed by atoms with van der Waals surface area (Å²) in [5, 5.41) is 0. The normalized spacial score (nSPS) is 21.7. The third-order valence-corrected chi connectivity index (χ3v) is 3.71. The number of carbonyl (C=O) groups is 1. The standard InChI is InChI=1S/C16H22N4O3/c1-11-7-12(9-20(11)15(21)23-16(2,3)4)22-14-8-13-17-5-6-19(13)10-18-14/h5-6,8,10-12H,7,9H2,1-4H3/t11-,12+/m0/s1. The Labute approximate surface area is 135 Å². The van der Waals surface area contributed by atoms with Crippen molar-refractivity contribution in [2.24, 2.45) is 0 Å². The summed E-state index contributed by atoms with van der Waals surface area (Å²) in [6, 6.07) is 1.87. The van der Waals surface area contributed by atoms with Crippen LogP contribution in [0.5, 0.6) is 5.88 Å². The molecule has 124 valence electrons. The molecule has 1 amide bonds. The van der Waals surface area contributed by atoms with E-state index in [-0.39, 0.29) is 18.2 Å². The Bertz CT molecular complexity index is 707. The number of hydrogen-bond acceptors (Lipinski definition) is 5. The van der Waals surface area contributed by atoms with Crippen LogP contribution in [0.1, 0.15) is 34.1 Å². The first-order valence-electron chi connectivity index (χ1n) is 7.77. The number of nitrogens with zero attached hydrogens (tertiary/aromatic N) is 4. The highest BCUT2D eigenvalue weighted by molar-refractivity contribution is 5.69. The molecule has 0 radical (unpaired) electrons. The van der Waals surface area contributed by atoms with Gasteiger partial charge in [-0.2, -0.15) is 0 Å². The number of fused-ring (bicyclic) bond motifs is 1. The number of likely N-dealkylation sites (tertiary alicyclic amines) is 1. The van der Waals surface area contributed by atoms with Gasteiger partial charge in [-0.3, -0.25) is 4.40 Å². The minimum atomic E-state index is -0.497. The smallest absolute Gasteiger partial charge is 0.410 e. The molecule has 23 heavy (non-hydrogen) atoms. The van der Waals surface area contributed by atoms with Crippen LogP contribution in [0.3, 0.4) is 0 Å². The van der Waals surface area contributed by atoms with Crippen molar-refractivity contribution >= 4 is 11.7 Å². The summed E-state index contributed by atoms with van der Waals surface area (Å²) in [4.78, 5) is 22.4. The van der Waals surface area contributed by atoms with E-state index < -0.39 is 5.60 Å². The number of aromatic nitrogens is 3. The summed E-state index contributed by atoms with van der Waals surface area (Å²) in [7, 11) is 0. The summed E-state index contributed by atoms with van der Waals surface area (Å²) in [6.07, 6.45) is 5.56. The van der Waals surface area contributed by atoms with Crippen molar-refractivity contribution < 1.29 is 14.3 Å². The largest absolute Gasteiger partial charge is 0.472 e. The molecular formula is C16H22N4O3. The summed E-state index contributed by atoms with van der Waals surface area (Å²) >= 11 is 0. The number of ether oxygens (including phenoxy) is 2. The van der Waals surface area contributed by atoms with Crippen LogP contribution in [-0.4, -0.2) is 49.7 Å². The van der Waals surface area contributed by atoms with Gasteiger partial charge in [0.1, 0.15) is 23.7 Å². The van der Waals surface area contributed by atoms with Gasteiger partial charge in [0.15, 0.2) is 0 Å². The fourth-order valence-electron chi connectivity index (χ4n) is 2.68. The molecule has 0 N–H and O–H groups in total. The lowest BCUT2D eigenvalue weighted by molar-refractivity contribution is 0.0223. The minimum absolute atomic E-state index is 0.0741. The molecular weight excluding hydrogens is 296 g/mol. The van der Waals surface area contributed by atoms with Crippen LogP contribution in [0, 0.1) is 0 Å².